The number of fused-ring (bicyclic) bond motifs is 1. The van der Waals surface area contributed by atoms with Gasteiger partial charge in [-0.05, 0) is 29.7 Å². The molecule has 0 spiro atoms. The van der Waals surface area contributed by atoms with E-state index in [4.69, 9.17) is 0 Å². The van der Waals surface area contributed by atoms with Gasteiger partial charge in [0, 0.05) is 18.8 Å². The summed E-state index contributed by atoms with van der Waals surface area (Å²) in [5.41, 5.74) is 0. The van der Waals surface area contributed by atoms with E-state index in [-0.39, 0.29) is 0 Å². The first-order valence-corrected chi connectivity index (χ1v) is 4.88. The Bertz CT molecular complexity index is 433. The van der Waals surface area contributed by atoms with Crippen molar-refractivity contribution < 1.29 is 5.11 Å². The van der Waals surface area contributed by atoms with Gasteiger partial charge in [-0.1, -0.05) is 0 Å². The van der Waals surface area contributed by atoms with Crippen LogP contribution in [0.2, 0.25) is 0 Å². The summed E-state index contributed by atoms with van der Waals surface area (Å²) in [7, 11) is 4.04. The van der Waals surface area contributed by atoms with Crippen molar-refractivity contribution in [2.45, 2.75) is 0 Å². The Morgan fingerprint density at radius 1 is 1.23 bits per heavy atom. The summed E-state index contributed by atoms with van der Waals surface area (Å²) in [6, 6.07) is 7.58. The van der Waals surface area contributed by atoms with Gasteiger partial charge in [0.1, 0.15) is 5.75 Å². The molecule has 0 radical (unpaired) electrons. The number of rotatable bonds is 1. The van der Waals surface area contributed by atoms with Gasteiger partial charge >= 0.3 is 0 Å². The van der Waals surface area contributed by atoms with Crippen LogP contribution in [0, 0.1) is 0 Å². The number of anilines is 1. The Labute approximate surface area is 81.0 Å². The Balaban J connectivity index is 2.62. The number of benzene rings is 1. The molecule has 0 bridgehead atoms. The first-order chi connectivity index (χ1) is 6.16. The number of aromatic hydroxyl groups is 1. The maximum atomic E-state index is 9.27. The van der Waals surface area contributed by atoms with Crippen LogP contribution in [0.1, 0.15) is 0 Å². The topological polar surface area (TPSA) is 23.5 Å². The Morgan fingerprint density at radius 2 is 2.00 bits per heavy atom. The van der Waals surface area contributed by atoms with Gasteiger partial charge in [0.15, 0.2) is 0 Å². The summed E-state index contributed by atoms with van der Waals surface area (Å²) in [4.78, 5) is 2.07. The summed E-state index contributed by atoms with van der Waals surface area (Å²) < 4.78 is 1.13. The molecule has 0 aliphatic carbocycles. The highest BCUT2D eigenvalue weighted by molar-refractivity contribution is 7.22. The summed E-state index contributed by atoms with van der Waals surface area (Å²) in [5.74, 6) is 0.333. The van der Waals surface area contributed by atoms with Crippen molar-refractivity contribution >= 4 is 26.4 Å². The molecule has 1 aromatic heterocycles. The van der Waals surface area contributed by atoms with Crippen molar-refractivity contribution in [3.05, 3.63) is 24.3 Å². The third kappa shape index (κ3) is 1.47. The molecule has 1 N–H and O–H groups in total. The second-order valence-electron chi connectivity index (χ2n) is 3.20. The highest BCUT2D eigenvalue weighted by Crippen LogP contribution is 2.33. The van der Waals surface area contributed by atoms with E-state index < -0.39 is 0 Å². The van der Waals surface area contributed by atoms with Crippen LogP contribution >= 0.6 is 11.3 Å². The van der Waals surface area contributed by atoms with Crippen LogP contribution < -0.4 is 4.90 Å². The molecule has 0 saturated carbocycles. The summed E-state index contributed by atoms with van der Waals surface area (Å²) in [6.45, 7) is 0. The van der Waals surface area contributed by atoms with Gasteiger partial charge in [-0.15, -0.1) is 11.3 Å². The van der Waals surface area contributed by atoms with Gasteiger partial charge in [-0.25, -0.2) is 0 Å². The fourth-order valence-corrected chi connectivity index (χ4v) is 2.24. The molecule has 0 fully saturated rings. The molecule has 0 aliphatic heterocycles. The molecular weight excluding hydrogens is 182 g/mol. The van der Waals surface area contributed by atoms with E-state index in [0.29, 0.717) is 5.75 Å². The molecule has 13 heavy (non-hydrogen) atoms. The maximum Gasteiger partial charge on any atom is 0.117 e. The van der Waals surface area contributed by atoms with Gasteiger partial charge in [-0.3, -0.25) is 0 Å². The SMILES string of the molecule is CN(C)c1cc2ccc(O)cc2s1. The van der Waals surface area contributed by atoms with Crippen LogP contribution in [-0.4, -0.2) is 19.2 Å². The maximum absolute atomic E-state index is 9.27. The van der Waals surface area contributed by atoms with Crippen molar-refractivity contribution in [1.29, 1.82) is 0 Å². The number of hydrogen-bond donors (Lipinski definition) is 1. The molecule has 0 amide bonds. The van der Waals surface area contributed by atoms with E-state index in [9.17, 15) is 5.11 Å². The number of nitrogens with zero attached hydrogens (tertiary/aromatic N) is 1. The minimum Gasteiger partial charge on any atom is -0.508 e. The lowest BCUT2D eigenvalue weighted by atomic mass is 10.2. The predicted molar refractivity (Wildman–Crippen MR) is 57.8 cm³/mol. The minimum absolute atomic E-state index is 0.333. The van der Waals surface area contributed by atoms with Gasteiger partial charge in [0.05, 0.1) is 5.00 Å². The number of hydrogen-bond acceptors (Lipinski definition) is 3. The molecular formula is C10H11NOS. The third-order valence-corrected chi connectivity index (χ3v) is 3.20. The second-order valence-corrected chi connectivity index (χ2v) is 4.26. The third-order valence-electron chi connectivity index (χ3n) is 1.93. The molecule has 2 nitrogen and oxygen atoms in total. The van der Waals surface area contributed by atoms with Crippen molar-refractivity contribution in [2.75, 3.05) is 19.0 Å². The summed E-state index contributed by atoms with van der Waals surface area (Å²) in [5, 5.41) is 11.7. The van der Waals surface area contributed by atoms with E-state index in [1.165, 1.54) is 10.4 Å². The van der Waals surface area contributed by atoms with Crippen LogP contribution in [0.15, 0.2) is 24.3 Å². The van der Waals surface area contributed by atoms with Gasteiger partial charge in [0.2, 0.25) is 0 Å². The Kier molecular flexibility index (Phi) is 1.88. The molecule has 0 aliphatic rings. The summed E-state index contributed by atoms with van der Waals surface area (Å²) >= 11 is 1.69. The van der Waals surface area contributed by atoms with Gasteiger partial charge in [0.25, 0.3) is 0 Å². The highest BCUT2D eigenvalue weighted by Gasteiger charge is 2.03. The lowest BCUT2D eigenvalue weighted by molar-refractivity contribution is 0.476. The first-order valence-electron chi connectivity index (χ1n) is 4.07. The predicted octanol–water partition coefficient (Wildman–Crippen LogP) is 2.67. The zero-order valence-corrected chi connectivity index (χ0v) is 8.43. The minimum atomic E-state index is 0.333. The van der Waals surface area contributed by atoms with Crippen LogP contribution in [0.25, 0.3) is 10.1 Å². The fourth-order valence-electron chi connectivity index (χ4n) is 1.23. The van der Waals surface area contributed by atoms with Crippen LogP contribution in [0.4, 0.5) is 5.00 Å². The number of phenols is 1. The van der Waals surface area contributed by atoms with Crippen molar-refractivity contribution in [1.82, 2.24) is 0 Å². The normalized spacial score (nSPS) is 10.6. The van der Waals surface area contributed by atoms with Crippen LogP contribution in [0.5, 0.6) is 5.75 Å². The largest absolute Gasteiger partial charge is 0.508 e. The molecule has 1 aromatic carbocycles. The monoisotopic (exact) mass is 193 g/mol. The number of phenolic OH excluding ortho intramolecular Hbond substituents is 1. The molecule has 1 heterocycles. The lowest BCUT2D eigenvalue weighted by Gasteiger charge is -2.06. The molecule has 0 unspecified atom stereocenters. The Morgan fingerprint density at radius 3 is 2.69 bits per heavy atom. The quantitative estimate of drug-likeness (QED) is 0.752. The van der Waals surface area contributed by atoms with E-state index in [1.807, 2.05) is 20.2 Å². The van der Waals surface area contributed by atoms with Gasteiger partial charge < -0.3 is 10.0 Å². The zero-order chi connectivity index (χ0) is 9.42. The standard InChI is InChI=1S/C10H11NOS/c1-11(2)10-5-7-3-4-8(12)6-9(7)13-10/h3-6,12H,1-2H3. The molecule has 2 aromatic rings. The molecule has 2 rings (SSSR count). The molecule has 0 saturated heterocycles. The van der Waals surface area contributed by atoms with Gasteiger partial charge in [-0.2, -0.15) is 0 Å². The van der Waals surface area contributed by atoms with Crippen molar-refractivity contribution in [3.8, 4) is 5.75 Å². The average Bonchev–Trinajstić information content (AvgIpc) is 2.46. The van der Waals surface area contributed by atoms with E-state index >= 15 is 0 Å². The highest BCUT2D eigenvalue weighted by atomic mass is 32.1. The van der Waals surface area contributed by atoms with E-state index in [2.05, 4.69) is 11.0 Å². The molecule has 0 atom stereocenters. The van der Waals surface area contributed by atoms with E-state index in [1.54, 1.807) is 23.5 Å². The average molecular weight is 193 g/mol. The van der Waals surface area contributed by atoms with E-state index in [0.717, 1.165) is 4.70 Å². The lowest BCUT2D eigenvalue weighted by Crippen LogP contribution is -2.05. The second kappa shape index (κ2) is 2.92. The van der Waals surface area contributed by atoms with Crippen molar-refractivity contribution in [3.63, 3.8) is 0 Å². The zero-order valence-electron chi connectivity index (χ0n) is 7.61. The first kappa shape index (κ1) is 8.38. The fraction of sp³-hybridized carbons (Fsp3) is 0.200. The smallest absolute Gasteiger partial charge is 0.117 e. The van der Waals surface area contributed by atoms with Crippen LogP contribution in [-0.2, 0) is 0 Å². The van der Waals surface area contributed by atoms with Crippen molar-refractivity contribution in [2.24, 2.45) is 0 Å². The Hall–Kier alpha value is -1.22. The molecule has 3 heteroatoms. The van der Waals surface area contributed by atoms with Crippen LogP contribution in [0.3, 0.4) is 0 Å². The number of thiophene rings is 1. The summed E-state index contributed by atoms with van der Waals surface area (Å²) in [6.07, 6.45) is 0. The molecule has 68 valence electrons.